The van der Waals surface area contributed by atoms with Gasteiger partial charge in [-0.25, -0.2) is 4.79 Å². The molecule has 2 heterocycles. The van der Waals surface area contributed by atoms with Gasteiger partial charge in [-0.3, -0.25) is 4.79 Å². The summed E-state index contributed by atoms with van der Waals surface area (Å²) in [5.74, 6) is -1.26. The number of benzene rings is 1. The number of ether oxygens (including phenoxy) is 1. The van der Waals surface area contributed by atoms with Crippen LogP contribution in [0.25, 0.3) is 5.69 Å². The molecule has 3 aromatic rings. The highest BCUT2D eigenvalue weighted by Gasteiger charge is 2.31. The number of halogens is 3. The van der Waals surface area contributed by atoms with E-state index in [9.17, 15) is 28.0 Å². The van der Waals surface area contributed by atoms with Gasteiger partial charge in [-0.15, -0.1) is 0 Å². The molecule has 2 aromatic heterocycles. The number of alkyl halides is 3. The first-order chi connectivity index (χ1) is 14.1. The average molecular weight is 418 g/mol. The van der Waals surface area contributed by atoms with E-state index in [1.807, 2.05) is 0 Å². The fraction of sp³-hybridized carbons (Fsp3) is 0.190. The lowest BCUT2D eigenvalue weighted by atomic mass is 10.1. The molecule has 156 valence electrons. The van der Waals surface area contributed by atoms with Gasteiger partial charge in [0.15, 0.2) is 19.0 Å². The Bertz CT molecular complexity index is 1100. The molecule has 0 aliphatic heterocycles. The van der Waals surface area contributed by atoms with Gasteiger partial charge in [-0.2, -0.15) is 17.9 Å². The van der Waals surface area contributed by atoms with Crippen molar-refractivity contribution in [2.24, 2.45) is 0 Å². The van der Waals surface area contributed by atoms with E-state index in [0.29, 0.717) is 16.1 Å². The van der Waals surface area contributed by atoms with Crippen molar-refractivity contribution in [2.45, 2.75) is 20.0 Å². The SMILES string of the molecule is Cc1cc(C(=O)COC(=O)c2cc[n+]([O-])cc2)c(C)n1-c1cccc(C(F)(F)F)c1. The van der Waals surface area contributed by atoms with Crippen LogP contribution in [0.5, 0.6) is 0 Å². The standard InChI is InChI=1S/C21H17F3N2O4/c1-13-10-18(19(27)12-30-20(28)15-6-8-25(29)9-7-15)14(2)26(13)17-5-3-4-16(11-17)21(22,23)24/h3-11H,12H2,1-2H3. The van der Waals surface area contributed by atoms with Gasteiger partial charge in [0.25, 0.3) is 0 Å². The summed E-state index contributed by atoms with van der Waals surface area (Å²) >= 11 is 0. The number of aryl methyl sites for hydroxylation is 1. The Hall–Kier alpha value is -3.62. The summed E-state index contributed by atoms with van der Waals surface area (Å²) in [5.41, 5.74) is 0.819. The van der Waals surface area contributed by atoms with Crippen LogP contribution in [0, 0.1) is 19.1 Å². The Kier molecular flexibility index (Phi) is 5.64. The largest absolute Gasteiger partial charge is 0.619 e. The Morgan fingerprint density at radius 1 is 1.10 bits per heavy atom. The second-order valence-electron chi connectivity index (χ2n) is 6.61. The lowest BCUT2D eigenvalue weighted by molar-refractivity contribution is -0.605. The molecule has 0 unspecified atom stereocenters. The summed E-state index contributed by atoms with van der Waals surface area (Å²) in [6.07, 6.45) is -2.23. The number of pyridine rings is 1. The van der Waals surface area contributed by atoms with E-state index in [4.69, 9.17) is 4.74 Å². The molecule has 0 aliphatic rings. The van der Waals surface area contributed by atoms with Gasteiger partial charge in [0, 0.05) is 34.8 Å². The number of esters is 1. The predicted octanol–water partition coefficient (Wildman–Crippen LogP) is 3.79. The van der Waals surface area contributed by atoms with E-state index >= 15 is 0 Å². The molecule has 3 rings (SSSR count). The van der Waals surface area contributed by atoms with E-state index in [0.717, 1.165) is 24.5 Å². The van der Waals surface area contributed by atoms with Crippen LogP contribution in [0.15, 0.2) is 54.9 Å². The summed E-state index contributed by atoms with van der Waals surface area (Å²) in [6, 6.07) is 8.85. The van der Waals surface area contributed by atoms with Crippen LogP contribution < -0.4 is 4.73 Å². The van der Waals surface area contributed by atoms with Crippen LogP contribution in [-0.4, -0.2) is 22.9 Å². The highest BCUT2D eigenvalue weighted by atomic mass is 19.4. The molecule has 0 saturated heterocycles. The summed E-state index contributed by atoms with van der Waals surface area (Å²) in [4.78, 5) is 24.6. The maximum absolute atomic E-state index is 13.0. The first-order valence-electron chi connectivity index (χ1n) is 8.83. The fourth-order valence-electron chi connectivity index (χ4n) is 3.10. The molecule has 0 amide bonds. The number of hydrogen-bond donors (Lipinski definition) is 0. The zero-order valence-corrected chi connectivity index (χ0v) is 16.1. The summed E-state index contributed by atoms with van der Waals surface area (Å²) in [7, 11) is 0. The van der Waals surface area contributed by atoms with Crippen molar-refractivity contribution in [3.63, 3.8) is 0 Å². The zero-order valence-electron chi connectivity index (χ0n) is 16.1. The van der Waals surface area contributed by atoms with Crippen molar-refractivity contribution in [1.29, 1.82) is 0 Å². The Labute approximate surface area is 169 Å². The molecule has 0 fully saturated rings. The second kappa shape index (κ2) is 8.02. The van der Waals surface area contributed by atoms with Crippen molar-refractivity contribution < 1.29 is 32.2 Å². The fourth-order valence-corrected chi connectivity index (χ4v) is 3.10. The van der Waals surface area contributed by atoms with Crippen LogP contribution >= 0.6 is 0 Å². The van der Waals surface area contributed by atoms with Gasteiger partial charge in [-0.05, 0) is 38.1 Å². The van der Waals surface area contributed by atoms with Crippen molar-refractivity contribution in [1.82, 2.24) is 4.57 Å². The summed E-state index contributed by atoms with van der Waals surface area (Å²) in [6.45, 7) is 2.72. The average Bonchev–Trinajstić information content (AvgIpc) is 3.00. The van der Waals surface area contributed by atoms with Gasteiger partial charge in [0.1, 0.15) is 0 Å². The van der Waals surface area contributed by atoms with E-state index in [-0.39, 0.29) is 16.8 Å². The van der Waals surface area contributed by atoms with E-state index in [1.165, 1.54) is 34.9 Å². The van der Waals surface area contributed by atoms with E-state index in [1.54, 1.807) is 13.8 Å². The molecule has 0 aliphatic carbocycles. The molecule has 0 bridgehead atoms. The van der Waals surface area contributed by atoms with Crippen LogP contribution in [0.1, 0.15) is 37.7 Å². The number of Topliss-reactive ketones (excluding diaryl/α,β-unsaturated/α-hetero) is 1. The molecule has 0 spiro atoms. The van der Waals surface area contributed by atoms with Crippen LogP contribution in [0.4, 0.5) is 13.2 Å². The third-order valence-corrected chi connectivity index (χ3v) is 4.54. The number of carbonyl (C=O) groups is 2. The molecule has 1 aromatic carbocycles. The number of nitrogens with zero attached hydrogens (tertiary/aromatic N) is 2. The van der Waals surface area contributed by atoms with Crippen molar-refractivity contribution in [3.8, 4) is 5.69 Å². The second-order valence-corrected chi connectivity index (χ2v) is 6.61. The Morgan fingerprint density at radius 3 is 2.40 bits per heavy atom. The van der Waals surface area contributed by atoms with E-state index in [2.05, 4.69) is 0 Å². The monoisotopic (exact) mass is 418 g/mol. The number of rotatable bonds is 5. The molecule has 0 radical (unpaired) electrons. The molecule has 0 saturated carbocycles. The highest BCUT2D eigenvalue weighted by molar-refractivity contribution is 6.00. The van der Waals surface area contributed by atoms with Crippen LogP contribution in [0.2, 0.25) is 0 Å². The maximum atomic E-state index is 13.0. The van der Waals surface area contributed by atoms with Gasteiger partial charge in [0.05, 0.1) is 11.1 Å². The predicted molar refractivity (Wildman–Crippen MR) is 100 cm³/mol. The zero-order chi connectivity index (χ0) is 22.1. The molecule has 0 N–H and O–H groups in total. The maximum Gasteiger partial charge on any atom is 0.416 e. The van der Waals surface area contributed by atoms with Crippen molar-refractivity contribution in [3.05, 3.63) is 88.1 Å². The van der Waals surface area contributed by atoms with Gasteiger partial charge < -0.3 is 14.5 Å². The Morgan fingerprint density at radius 2 is 1.77 bits per heavy atom. The molecule has 6 nitrogen and oxygen atoms in total. The van der Waals surface area contributed by atoms with Crippen LogP contribution in [-0.2, 0) is 10.9 Å². The minimum absolute atomic E-state index is 0.115. The number of aromatic nitrogens is 2. The number of carbonyl (C=O) groups excluding carboxylic acids is 2. The van der Waals surface area contributed by atoms with Crippen LogP contribution in [0.3, 0.4) is 0 Å². The van der Waals surface area contributed by atoms with Gasteiger partial charge >= 0.3 is 12.1 Å². The summed E-state index contributed by atoms with van der Waals surface area (Å²) < 4.78 is 46.1. The minimum Gasteiger partial charge on any atom is -0.619 e. The third-order valence-electron chi connectivity index (χ3n) is 4.54. The lowest BCUT2D eigenvalue weighted by Crippen LogP contribution is -2.24. The number of ketones is 1. The highest BCUT2D eigenvalue weighted by Crippen LogP contribution is 2.31. The normalized spacial score (nSPS) is 11.4. The smallest absolute Gasteiger partial charge is 0.416 e. The third kappa shape index (κ3) is 4.35. The van der Waals surface area contributed by atoms with Gasteiger partial charge in [0.2, 0.25) is 5.78 Å². The van der Waals surface area contributed by atoms with Crippen molar-refractivity contribution >= 4 is 11.8 Å². The first-order valence-corrected chi connectivity index (χ1v) is 8.83. The molecule has 0 atom stereocenters. The molecule has 30 heavy (non-hydrogen) atoms. The minimum atomic E-state index is -4.49. The molecular weight excluding hydrogens is 401 g/mol. The van der Waals surface area contributed by atoms with E-state index < -0.39 is 30.1 Å². The lowest BCUT2D eigenvalue weighted by Gasteiger charge is -2.13. The Balaban J connectivity index is 1.80. The van der Waals surface area contributed by atoms with Gasteiger partial charge in [-0.1, -0.05) is 6.07 Å². The topological polar surface area (TPSA) is 75.2 Å². The molecular formula is C21H17F3N2O4. The number of hydrogen-bond acceptors (Lipinski definition) is 4. The van der Waals surface area contributed by atoms with Crippen molar-refractivity contribution in [2.75, 3.05) is 6.61 Å². The molecule has 9 heteroatoms. The summed E-state index contributed by atoms with van der Waals surface area (Å²) in [5, 5.41) is 11.0. The first kappa shape index (κ1) is 21.1. The quantitative estimate of drug-likeness (QED) is 0.274.